The molecule has 2 unspecified atom stereocenters. The SMILES string of the molecule is CCOCCC1CCCCC1O. The molecule has 0 aromatic heterocycles. The van der Waals surface area contributed by atoms with Crippen LogP contribution in [0.4, 0.5) is 0 Å². The average molecular weight is 172 g/mol. The van der Waals surface area contributed by atoms with Crippen LogP contribution < -0.4 is 0 Å². The molecule has 2 heteroatoms. The van der Waals surface area contributed by atoms with Gasteiger partial charge in [-0.3, -0.25) is 0 Å². The number of ether oxygens (including phenoxy) is 1. The Labute approximate surface area is 74.9 Å². The van der Waals surface area contributed by atoms with E-state index in [-0.39, 0.29) is 6.10 Å². The van der Waals surface area contributed by atoms with Crippen LogP contribution in [-0.4, -0.2) is 24.4 Å². The molecule has 0 amide bonds. The van der Waals surface area contributed by atoms with E-state index in [1.807, 2.05) is 6.92 Å². The second-order valence-corrected chi connectivity index (χ2v) is 3.60. The van der Waals surface area contributed by atoms with Crippen molar-refractivity contribution >= 4 is 0 Å². The minimum atomic E-state index is -0.0563. The Kier molecular flexibility index (Phi) is 4.62. The first kappa shape index (κ1) is 10.0. The van der Waals surface area contributed by atoms with Gasteiger partial charge in [0, 0.05) is 13.2 Å². The zero-order chi connectivity index (χ0) is 8.81. The van der Waals surface area contributed by atoms with E-state index >= 15 is 0 Å². The molecule has 1 aliphatic carbocycles. The van der Waals surface area contributed by atoms with Gasteiger partial charge in [0.25, 0.3) is 0 Å². The van der Waals surface area contributed by atoms with Gasteiger partial charge in [-0.15, -0.1) is 0 Å². The summed E-state index contributed by atoms with van der Waals surface area (Å²) in [6.07, 6.45) is 5.65. The fourth-order valence-corrected chi connectivity index (χ4v) is 1.90. The molecule has 0 aromatic carbocycles. The molecule has 1 rings (SSSR count). The summed E-state index contributed by atoms with van der Waals surface area (Å²) in [6, 6.07) is 0. The van der Waals surface area contributed by atoms with Crippen LogP contribution in [0.1, 0.15) is 39.0 Å². The summed E-state index contributed by atoms with van der Waals surface area (Å²) in [6.45, 7) is 3.62. The first-order chi connectivity index (χ1) is 5.84. The minimum Gasteiger partial charge on any atom is -0.393 e. The zero-order valence-electron chi connectivity index (χ0n) is 7.96. The van der Waals surface area contributed by atoms with E-state index in [4.69, 9.17) is 4.74 Å². The molecule has 1 saturated carbocycles. The lowest BCUT2D eigenvalue weighted by molar-refractivity contribution is 0.0421. The second-order valence-electron chi connectivity index (χ2n) is 3.60. The van der Waals surface area contributed by atoms with E-state index in [1.54, 1.807) is 0 Å². The van der Waals surface area contributed by atoms with Gasteiger partial charge < -0.3 is 9.84 Å². The van der Waals surface area contributed by atoms with Crippen LogP contribution in [0, 0.1) is 5.92 Å². The third kappa shape index (κ3) is 3.11. The van der Waals surface area contributed by atoms with Crippen LogP contribution >= 0.6 is 0 Å². The summed E-state index contributed by atoms with van der Waals surface area (Å²) in [7, 11) is 0. The highest BCUT2D eigenvalue weighted by Gasteiger charge is 2.22. The van der Waals surface area contributed by atoms with Gasteiger partial charge in [0.1, 0.15) is 0 Å². The van der Waals surface area contributed by atoms with Gasteiger partial charge >= 0.3 is 0 Å². The molecule has 12 heavy (non-hydrogen) atoms. The molecular formula is C10H20O2. The molecule has 0 heterocycles. The predicted octanol–water partition coefficient (Wildman–Crippen LogP) is 1.96. The van der Waals surface area contributed by atoms with E-state index in [1.165, 1.54) is 19.3 Å². The van der Waals surface area contributed by atoms with Gasteiger partial charge in [-0.25, -0.2) is 0 Å². The van der Waals surface area contributed by atoms with Crippen LogP contribution in [-0.2, 0) is 4.74 Å². The molecule has 0 bridgehead atoms. The molecule has 2 nitrogen and oxygen atoms in total. The van der Waals surface area contributed by atoms with Crippen LogP contribution in [0.5, 0.6) is 0 Å². The molecule has 72 valence electrons. The maximum atomic E-state index is 9.61. The van der Waals surface area contributed by atoms with E-state index in [0.717, 1.165) is 26.1 Å². The third-order valence-electron chi connectivity index (χ3n) is 2.71. The Morgan fingerprint density at radius 2 is 2.08 bits per heavy atom. The van der Waals surface area contributed by atoms with Gasteiger partial charge in [0.15, 0.2) is 0 Å². The van der Waals surface area contributed by atoms with Gasteiger partial charge in [0.2, 0.25) is 0 Å². The molecule has 0 radical (unpaired) electrons. The number of hydrogen-bond donors (Lipinski definition) is 1. The van der Waals surface area contributed by atoms with E-state index in [0.29, 0.717) is 5.92 Å². The van der Waals surface area contributed by atoms with Crippen LogP contribution in [0.3, 0.4) is 0 Å². The van der Waals surface area contributed by atoms with Crippen molar-refractivity contribution in [3.8, 4) is 0 Å². The van der Waals surface area contributed by atoms with E-state index in [2.05, 4.69) is 0 Å². The zero-order valence-corrected chi connectivity index (χ0v) is 7.96. The van der Waals surface area contributed by atoms with Gasteiger partial charge in [-0.1, -0.05) is 12.8 Å². The lowest BCUT2D eigenvalue weighted by atomic mass is 9.85. The maximum Gasteiger partial charge on any atom is 0.0569 e. The molecule has 1 aliphatic rings. The molecule has 0 saturated heterocycles. The monoisotopic (exact) mass is 172 g/mol. The van der Waals surface area contributed by atoms with Crippen molar-refractivity contribution in [3.05, 3.63) is 0 Å². The first-order valence-electron chi connectivity index (χ1n) is 5.10. The van der Waals surface area contributed by atoms with Gasteiger partial charge in [0.05, 0.1) is 6.10 Å². The second kappa shape index (κ2) is 5.55. The van der Waals surface area contributed by atoms with Crippen molar-refractivity contribution in [2.24, 2.45) is 5.92 Å². The fraction of sp³-hybridized carbons (Fsp3) is 1.00. The van der Waals surface area contributed by atoms with Gasteiger partial charge in [-0.2, -0.15) is 0 Å². The smallest absolute Gasteiger partial charge is 0.0569 e. The predicted molar refractivity (Wildman–Crippen MR) is 49.1 cm³/mol. The standard InChI is InChI=1S/C10H20O2/c1-2-12-8-7-9-5-3-4-6-10(9)11/h9-11H,2-8H2,1H3. The Balaban J connectivity index is 2.11. The minimum absolute atomic E-state index is 0.0563. The highest BCUT2D eigenvalue weighted by atomic mass is 16.5. The maximum absolute atomic E-state index is 9.61. The van der Waals surface area contributed by atoms with Crippen molar-refractivity contribution in [1.82, 2.24) is 0 Å². The van der Waals surface area contributed by atoms with Crippen LogP contribution in [0.25, 0.3) is 0 Å². The Bertz CT molecular complexity index is 114. The van der Waals surface area contributed by atoms with Crippen LogP contribution in [0.15, 0.2) is 0 Å². The first-order valence-corrected chi connectivity index (χ1v) is 5.10. The summed E-state index contributed by atoms with van der Waals surface area (Å²) in [4.78, 5) is 0. The summed E-state index contributed by atoms with van der Waals surface area (Å²) in [5.41, 5.74) is 0. The quantitative estimate of drug-likeness (QED) is 0.657. The lowest BCUT2D eigenvalue weighted by Gasteiger charge is -2.27. The molecule has 0 spiro atoms. The Morgan fingerprint density at radius 1 is 1.33 bits per heavy atom. The van der Waals surface area contributed by atoms with Crippen LogP contribution in [0.2, 0.25) is 0 Å². The number of aliphatic hydroxyl groups is 1. The highest BCUT2D eigenvalue weighted by molar-refractivity contribution is 4.73. The van der Waals surface area contributed by atoms with Crippen molar-refractivity contribution in [2.45, 2.75) is 45.1 Å². The largest absolute Gasteiger partial charge is 0.393 e. The molecule has 2 atom stereocenters. The fourth-order valence-electron chi connectivity index (χ4n) is 1.90. The highest BCUT2D eigenvalue weighted by Crippen LogP contribution is 2.26. The molecule has 0 aromatic rings. The average Bonchev–Trinajstić information content (AvgIpc) is 2.09. The van der Waals surface area contributed by atoms with Crippen molar-refractivity contribution in [3.63, 3.8) is 0 Å². The van der Waals surface area contributed by atoms with Crippen molar-refractivity contribution in [2.75, 3.05) is 13.2 Å². The van der Waals surface area contributed by atoms with Crippen molar-refractivity contribution < 1.29 is 9.84 Å². The number of rotatable bonds is 4. The summed E-state index contributed by atoms with van der Waals surface area (Å²) in [5, 5.41) is 9.61. The van der Waals surface area contributed by atoms with Gasteiger partial charge in [-0.05, 0) is 32.1 Å². The Hall–Kier alpha value is -0.0800. The van der Waals surface area contributed by atoms with E-state index in [9.17, 15) is 5.11 Å². The number of hydrogen-bond acceptors (Lipinski definition) is 2. The normalized spacial score (nSPS) is 30.5. The molecule has 1 N–H and O–H groups in total. The molecule has 0 aliphatic heterocycles. The summed E-state index contributed by atoms with van der Waals surface area (Å²) >= 11 is 0. The molecule has 1 fully saturated rings. The van der Waals surface area contributed by atoms with E-state index < -0.39 is 0 Å². The lowest BCUT2D eigenvalue weighted by Crippen LogP contribution is -2.25. The summed E-state index contributed by atoms with van der Waals surface area (Å²) < 4.78 is 5.27. The summed E-state index contributed by atoms with van der Waals surface area (Å²) in [5.74, 6) is 0.505. The molecular weight excluding hydrogens is 152 g/mol. The van der Waals surface area contributed by atoms with Crippen molar-refractivity contribution in [1.29, 1.82) is 0 Å². The Morgan fingerprint density at radius 3 is 2.75 bits per heavy atom. The third-order valence-corrected chi connectivity index (χ3v) is 2.71. The topological polar surface area (TPSA) is 29.5 Å². The number of aliphatic hydroxyl groups excluding tert-OH is 1.